The SMILES string of the molecule is CN(C(=O)c1cc(-c2cnn(C)c2)cnc1N)[C@@H]1CCN(Cc2ccccc2Cl)C1. The molecule has 1 atom stereocenters. The number of pyridine rings is 1. The van der Waals surface area contributed by atoms with E-state index in [-0.39, 0.29) is 17.8 Å². The van der Waals surface area contributed by atoms with E-state index in [9.17, 15) is 4.79 Å². The lowest BCUT2D eigenvalue weighted by Gasteiger charge is -2.25. The van der Waals surface area contributed by atoms with E-state index in [0.29, 0.717) is 5.56 Å². The third-order valence-electron chi connectivity index (χ3n) is 5.65. The predicted molar refractivity (Wildman–Crippen MR) is 118 cm³/mol. The van der Waals surface area contributed by atoms with Crippen LogP contribution in [0.25, 0.3) is 11.1 Å². The highest BCUT2D eigenvalue weighted by atomic mass is 35.5. The van der Waals surface area contributed by atoms with Crippen LogP contribution in [-0.2, 0) is 13.6 Å². The van der Waals surface area contributed by atoms with Crippen molar-refractivity contribution in [3.8, 4) is 11.1 Å². The Morgan fingerprint density at radius 3 is 2.83 bits per heavy atom. The van der Waals surface area contributed by atoms with Crippen LogP contribution in [-0.4, -0.2) is 56.7 Å². The van der Waals surface area contributed by atoms with Gasteiger partial charge in [-0.1, -0.05) is 29.8 Å². The van der Waals surface area contributed by atoms with Crippen LogP contribution in [0.4, 0.5) is 5.82 Å². The average molecular weight is 425 g/mol. The minimum absolute atomic E-state index is 0.112. The molecule has 1 aromatic carbocycles. The third kappa shape index (κ3) is 4.17. The molecule has 8 heteroatoms. The van der Waals surface area contributed by atoms with E-state index in [4.69, 9.17) is 17.3 Å². The highest BCUT2D eigenvalue weighted by molar-refractivity contribution is 6.31. The number of carbonyl (C=O) groups is 1. The lowest BCUT2D eigenvalue weighted by atomic mass is 10.1. The third-order valence-corrected chi connectivity index (χ3v) is 6.02. The molecule has 2 aromatic heterocycles. The summed E-state index contributed by atoms with van der Waals surface area (Å²) in [5.74, 6) is 0.126. The van der Waals surface area contributed by atoms with E-state index in [1.54, 1.807) is 28.0 Å². The Balaban J connectivity index is 1.47. The van der Waals surface area contributed by atoms with Crippen molar-refractivity contribution in [3.63, 3.8) is 0 Å². The highest BCUT2D eigenvalue weighted by Gasteiger charge is 2.30. The van der Waals surface area contributed by atoms with Gasteiger partial charge < -0.3 is 10.6 Å². The van der Waals surface area contributed by atoms with Gasteiger partial charge in [-0.15, -0.1) is 0 Å². The fourth-order valence-corrected chi connectivity index (χ4v) is 4.07. The van der Waals surface area contributed by atoms with Gasteiger partial charge >= 0.3 is 0 Å². The number of likely N-dealkylation sites (N-methyl/N-ethyl adjacent to an activating group) is 1. The first-order valence-electron chi connectivity index (χ1n) is 9.90. The van der Waals surface area contributed by atoms with E-state index >= 15 is 0 Å². The molecule has 1 aliphatic rings. The Labute approximate surface area is 181 Å². The van der Waals surface area contributed by atoms with Crippen molar-refractivity contribution in [2.24, 2.45) is 7.05 Å². The van der Waals surface area contributed by atoms with Gasteiger partial charge in [0.1, 0.15) is 5.82 Å². The van der Waals surface area contributed by atoms with Gasteiger partial charge in [-0.2, -0.15) is 5.10 Å². The fourth-order valence-electron chi connectivity index (χ4n) is 3.87. The maximum absolute atomic E-state index is 13.2. The summed E-state index contributed by atoms with van der Waals surface area (Å²) in [6.45, 7) is 2.48. The van der Waals surface area contributed by atoms with E-state index in [2.05, 4.69) is 15.0 Å². The zero-order valence-electron chi connectivity index (χ0n) is 17.1. The van der Waals surface area contributed by atoms with Crippen molar-refractivity contribution >= 4 is 23.3 Å². The Morgan fingerprint density at radius 1 is 1.30 bits per heavy atom. The fraction of sp³-hybridized carbons (Fsp3) is 0.318. The number of benzene rings is 1. The van der Waals surface area contributed by atoms with E-state index in [1.807, 2.05) is 44.6 Å². The number of hydrogen-bond acceptors (Lipinski definition) is 5. The smallest absolute Gasteiger partial charge is 0.257 e. The minimum Gasteiger partial charge on any atom is -0.383 e. The topological polar surface area (TPSA) is 80.3 Å². The van der Waals surface area contributed by atoms with Crippen molar-refractivity contribution in [3.05, 3.63) is 65.1 Å². The Hall–Kier alpha value is -2.90. The molecule has 1 aliphatic heterocycles. The number of halogens is 1. The van der Waals surface area contributed by atoms with Gasteiger partial charge in [0.15, 0.2) is 0 Å². The second kappa shape index (κ2) is 8.45. The Bertz CT molecular complexity index is 1070. The normalized spacial score (nSPS) is 16.7. The summed E-state index contributed by atoms with van der Waals surface area (Å²) in [7, 11) is 3.69. The second-order valence-corrected chi connectivity index (χ2v) is 8.15. The van der Waals surface area contributed by atoms with Crippen LogP contribution in [0.15, 0.2) is 48.9 Å². The molecule has 0 unspecified atom stereocenters. The molecular formula is C22H25ClN6O. The second-order valence-electron chi connectivity index (χ2n) is 7.74. The molecule has 0 aliphatic carbocycles. The largest absolute Gasteiger partial charge is 0.383 e. The van der Waals surface area contributed by atoms with Gasteiger partial charge in [-0.25, -0.2) is 4.98 Å². The molecular weight excluding hydrogens is 400 g/mol. The molecule has 3 heterocycles. The number of amides is 1. The molecule has 156 valence electrons. The standard InChI is InChI=1S/C22H25ClN6O/c1-27-12-17(11-26-27)16-9-19(21(24)25-10-16)22(30)28(2)18-7-8-29(14-18)13-15-5-3-4-6-20(15)23/h3-6,9-12,18H,7-8,13-14H2,1-2H3,(H2,24,25)/t18-/m1/s1. The van der Waals surface area contributed by atoms with E-state index in [0.717, 1.165) is 47.8 Å². The summed E-state index contributed by atoms with van der Waals surface area (Å²) >= 11 is 6.30. The maximum atomic E-state index is 13.2. The number of aromatic nitrogens is 3. The van der Waals surface area contributed by atoms with Crippen molar-refractivity contribution in [1.29, 1.82) is 0 Å². The average Bonchev–Trinajstić information content (AvgIpc) is 3.38. The summed E-state index contributed by atoms with van der Waals surface area (Å²) in [6.07, 6.45) is 6.20. The molecule has 0 radical (unpaired) electrons. The molecule has 2 N–H and O–H groups in total. The molecule has 0 spiro atoms. The molecule has 7 nitrogen and oxygen atoms in total. The molecule has 30 heavy (non-hydrogen) atoms. The van der Waals surface area contributed by atoms with Crippen LogP contribution < -0.4 is 5.73 Å². The van der Waals surface area contributed by atoms with Crippen molar-refractivity contribution in [1.82, 2.24) is 24.6 Å². The van der Waals surface area contributed by atoms with E-state index < -0.39 is 0 Å². The van der Waals surface area contributed by atoms with Gasteiger partial charge in [-0.3, -0.25) is 14.4 Å². The van der Waals surface area contributed by atoms with Crippen LogP contribution in [0, 0.1) is 0 Å². The van der Waals surface area contributed by atoms with Crippen LogP contribution in [0.2, 0.25) is 5.02 Å². The molecule has 1 amide bonds. The lowest BCUT2D eigenvalue weighted by molar-refractivity contribution is 0.0735. The van der Waals surface area contributed by atoms with Gasteiger partial charge in [-0.05, 0) is 24.1 Å². The number of nitrogens with zero attached hydrogens (tertiary/aromatic N) is 5. The highest BCUT2D eigenvalue weighted by Crippen LogP contribution is 2.25. The molecule has 4 rings (SSSR count). The van der Waals surface area contributed by atoms with Gasteiger partial charge in [0, 0.05) is 68.3 Å². The number of likely N-dealkylation sites (tertiary alicyclic amines) is 1. The summed E-state index contributed by atoms with van der Waals surface area (Å²) in [6, 6.07) is 9.79. The molecule has 1 fully saturated rings. The number of nitrogens with two attached hydrogens (primary N) is 1. The minimum atomic E-state index is -0.115. The summed E-state index contributed by atoms with van der Waals surface area (Å²) in [5.41, 5.74) is 9.29. The zero-order chi connectivity index (χ0) is 21.3. The summed E-state index contributed by atoms with van der Waals surface area (Å²) < 4.78 is 1.71. The van der Waals surface area contributed by atoms with Crippen molar-refractivity contribution < 1.29 is 4.79 Å². The summed E-state index contributed by atoms with van der Waals surface area (Å²) in [4.78, 5) is 21.6. The molecule has 0 saturated carbocycles. The van der Waals surface area contributed by atoms with Gasteiger partial charge in [0.2, 0.25) is 0 Å². The van der Waals surface area contributed by atoms with Crippen LogP contribution in [0.1, 0.15) is 22.3 Å². The number of nitrogen functional groups attached to an aromatic ring is 1. The molecule has 3 aromatic rings. The number of carbonyl (C=O) groups excluding carboxylic acids is 1. The van der Waals surface area contributed by atoms with Crippen LogP contribution >= 0.6 is 11.6 Å². The number of rotatable bonds is 5. The van der Waals surface area contributed by atoms with Crippen LogP contribution in [0.5, 0.6) is 0 Å². The molecule has 0 bridgehead atoms. The first-order valence-corrected chi connectivity index (χ1v) is 10.3. The first-order chi connectivity index (χ1) is 14.4. The maximum Gasteiger partial charge on any atom is 0.257 e. The van der Waals surface area contributed by atoms with Gasteiger partial charge in [0.25, 0.3) is 5.91 Å². The number of anilines is 1. The zero-order valence-corrected chi connectivity index (χ0v) is 17.9. The van der Waals surface area contributed by atoms with Crippen molar-refractivity contribution in [2.45, 2.75) is 19.0 Å². The number of aryl methyl sites for hydroxylation is 1. The molecule has 1 saturated heterocycles. The number of hydrogen-bond donors (Lipinski definition) is 1. The van der Waals surface area contributed by atoms with Crippen molar-refractivity contribution in [2.75, 3.05) is 25.9 Å². The monoisotopic (exact) mass is 424 g/mol. The lowest BCUT2D eigenvalue weighted by Crippen LogP contribution is -2.39. The van der Waals surface area contributed by atoms with Gasteiger partial charge in [0.05, 0.1) is 11.8 Å². The first kappa shape index (κ1) is 20.4. The Morgan fingerprint density at radius 2 is 2.10 bits per heavy atom. The predicted octanol–water partition coefficient (Wildman–Crippen LogP) is 3.06. The quantitative estimate of drug-likeness (QED) is 0.680. The Kier molecular flexibility index (Phi) is 5.74. The summed E-state index contributed by atoms with van der Waals surface area (Å²) in [5, 5.41) is 4.96. The van der Waals surface area contributed by atoms with E-state index in [1.165, 1.54) is 0 Å². The van der Waals surface area contributed by atoms with Crippen LogP contribution in [0.3, 0.4) is 0 Å².